The number of H-pyrrole nitrogens is 1. The minimum Gasteiger partial charge on any atom is -0.305 e. The smallest absolute Gasteiger partial charge is 0.254 e. The maximum atomic E-state index is 11.9. The van der Waals surface area contributed by atoms with Gasteiger partial charge in [0.05, 0.1) is 5.51 Å². The fraction of sp³-hybridized carbons (Fsp3) is 0.364. The van der Waals surface area contributed by atoms with Gasteiger partial charge in [-0.25, -0.2) is 9.97 Å². The molecule has 0 aliphatic rings. The molecule has 0 saturated heterocycles. The summed E-state index contributed by atoms with van der Waals surface area (Å²) in [5, 5.41) is 1.87. The van der Waals surface area contributed by atoms with Gasteiger partial charge in [0.1, 0.15) is 5.69 Å². The van der Waals surface area contributed by atoms with Crippen molar-refractivity contribution in [1.82, 2.24) is 15.0 Å². The lowest BCUT2D eigenvalue weighted by atomic mass is 10.0. The van der Waals surface area contributed by atoms with Gasteiger partial charge in [-0.1, -0.05) is 13.8 Å². The quantitative estimate of drug-likeness (QED) is 0.869. The van der Waals surface area contributed by atoms with E-state index in [4.69, 9.17) is 0 Å². The number of rotatable bonds is 2. The van der Waals surface area contributed by atoms with Gasteiger partial charge in [0, 0.05) is 16.6 Å². The Hall–Kier alpha value is -1.49. The first-order chi connectivity index (χ1) is 7.59. The summed E-state index contributed by atoms with van der Waals surface area (Å²) in [6.07, 6.45) is 0. The summed E-state index contributed by atoms with van der Waals surface area (Å²) in [5.74, 6) is 0.730. The predicted octanol–water partition coefficient (Wildman–Crippen LogP) is 2.33. The summed E-state index contributed by atoms with van der Waals surface area (Å²) >= 11 is 1.48. The number of thiazole rings is 1. The van der Waals surface area contributed by atoms with Crippen LogP contribution in [0.3, 0.4) is 0 Å². The van der Waals surface area contributed by atoms with E-state index < -0.39 is 0 Å². The standard InChI is InChI=1S/C11H13N3OS/c1-6(2)9-7(3)13-10(14-11(9)15)8-4-16-5-12-8/h4-6H,1-3H3,(H,13,14,15). The first-order valence-electron chi connectivity index (χ1n) is 5.09. The number of aromatic amines is 1. The lowest BCUT2D eigenvalue weighted by Crippen LogP contribution is -2.18. The zero-order valence-corrected chi connectivity index (χ0v) is 10.3. The van der Waals surface area contributed by atoms with Gasteiger partial charge >= 0.3 is 0 Å². The third-order valence-corrected chi connectivity index (χ3v) is 2.98. The number of aromatic nitrogens is 3. The van der Waals surface area contributed by atoms with Crippen molar-refractivity contribution in [2.24, 2.45) is 0 Å². The Morgan fingerprint density at radius 1 is 1.44 bits per heavy atom. The molecular weight excluding hydrogens is 222 g/mol. The van der Waals surface area contributed by atoms with Crippen LogP contribution in [0, 0.1) is 6.92 Å². The monoisotopic (exact) mass is 235 g/mol. The zero-order chi connectivity index (χ0) is 11.7. The summed E-state index contributed by atoms with van der Waals surface area (Å²) in [7, 11) is 0. The van der Waals surface area contributed by atoms with E-state index in [2.05, 4.69) is 15.0 Å². The third-order valence-electron chi connectivity index (χ3n) is 2.40. The van der Waals surface area contributed by atoms with Gasteiger partial charge in [-0.3, -0.25) is 4.79 Å². The van der Waals surface area contributed by atoms with Gasteiger partial charge in [-0.2, -0.15) is 0 Å². The molecule has 0 bridgehead atoms. The van der Waals surface area contributed by atoms with Crippen LogP contribution in [0.4, 0.5) is 0 Å². The molecule has 4 nitrogen and oxygen atoms in total. The van der Waals surface area contributed by atoms with Gasteiger partial charge in [0.25, 0.3) is 5.56 Å². The molecule has 0 spiro atoms. The van der Waals surface area contributed by atoms with Gasteiger partial charge in [-0.05, 0) is 12.8 Å². The summed E-state index contributed by atoms with van der Waals surface area (Å²) < 4.78 is 0. The van der Waals surface area contributed by atoms with Crippen molar-refractivity contribution in [3.63, 3.8) is 0 Å². The van der Waals surface area contributed by atoms with Crippen molar-refractivity contribution in [3.8, 4) is 11.5 Å². The Morgan fingerprint density at radius 3 is 2.69 bits per heavy atom. The van der Waals surface area contributed by atoms with Crippen LogP contribution in [0.25, 0.3) is 11.5 Å². The van der Waals surface area contributed by atoms with Crippen LogP contribution in [0.15, 0.2) is 15.7 Å². The van der Waals surface area contributed by atoms with E-state index in [-0.39, 0.29) is 11.5 Å². The Balaban J connectivity index is 2.58. The SMILES string of the molecule is Cc1nc(-c2cscn2)[nH]c(=O)c1C(C)C. The lowest BCUT2D eigenvalue weighted by Gasteiger charge is -2.08. The molecule has 0 fully saturated rings. The Kier molecular flexibility index (Phi) is 2.87. The van der Waals surface area contributed by atoms with Crippen LogP contribution in [-0.4, -0.2) is 15.0 Å². The molecule has 5 heteroatoms. The Labute approximate surface area is 97.4 Å². The molecule has 0 aliphatic heterocycles. The highest BCUT2D eigenvalue weighted by atomic mass is 32.1. The van der Waals surface area contributed by atoms with Crippen molar-refractivity contribution in [2.45, 2.75) is 26.7 Å². The number of nitrogens with zero attached hydrogens (tertiary/aromatic N) is 2. The van der Waals surface area contributed by atoms with Crippen molar-refractivity contribution < 1.29 is 0 Å². The van der Waals surface area contributed by atoms with E-state index in [1.165, 1.54) is 11.3 Å². The molecule has 16 heavy (non-hydrogen) atoms. The fourth-order valence-corrected chi connectivity index (χ4v) is 2.26. The van der Waals surface area contributed by atoms with E-state index in [0.29, 0.717) is 5.82 Å². The molecule has 0 saturated carbocycles. The molecule has 0 radical (unpaired) electrons. The summed E-state index contributed by atoms with van der Waals surface area (Å²) in [6.45, 7) is 5.84. The normalized spacial score (nSPS) is 11.0. The molecule has 0 aliphatic carbocycles. The summed E-state index contributed by atoms with van der Waals surface area (Å²) in [6, 6.07) is 0. The summed E-state index contributed by atoms with van der Waals surface area (Å²) in [5.41, 5.74) is 3.91. The van der Waals surface area contributed by atoms with E-state index in [0.717, 1.165) is 17.0 Å². The van der Waals surface area contributed by atoms with E-state index in [9.17, 15) is 4.79 Å². The van der Waals surface area contributed by atoms with E-state index in [1.54, 1.807) is 5.51 Å². The largest absolute Gasteiger partial charge is 0.305 e. The van der Waals surface area contributed by atoms with Crippen molar-refractivity contribution in [3.05, 3.63) is 32.5 Å². The van der Waals surface area contributed by atoms with Crippen LogP contribution in [0.5, 0.6) is 0 Å². The van der Waals surface area contributed by atoms with Crippen LogP contribution in [0.2, 0.25) is 0 Å². The highest BCUT2D eigenvalue weighted by molar-refractivity contribution is 7.07. The molecule has 2 rings (SSSR count). The molecule has 2 aromatic rings. The van der Waals surface area contributed by atoms with Crippen molar-refractivity contribution >= 4 is 11.3 Å². The fourth-order valence-electron chi connectivity index (χ4n) is 1.73. The first-order valence-corrected chi connectivity index (χ1v) is 6.03. The van der Waals surface area contributed by atoms with E-state index >= 15 is 0 Å². The van der Waals surface area contributed by atoms with Crippen LogP contribution in [0.1, 0.15) is 31.0 Å². The molecule has 0 amide bonds. The van der Waals surface area contributed by atoms with Crippen molar-refractivity contribution in [1.29, 1.82) is 0 Å². The highest BCUT2D eigenvalue weighted by Gasteiger charge is 2.12. The molecule has 0 atom stereocenters. The number of hydrogen-bond donors (Lipinski definition) is 1. The number of aryl methyl sites for hydroxylation is 1. The number of nitrogens with one attached hydrogen (secondary N) is 1. The molecule has 2 heterocycles. The van der Waals surface area contributed by atoms with Crippen molar-refractivity contribution in [2.75, 3.05) is 0 Å². The maximum absolute atomic E-state index is 11.9. The predicted molar refractivity (Wildman–Crippen MR) is 64.8 cm³/mol. The molecule has 84 valence electrons. The average molecular weight is 235 g/mol. The first kappa shape index (κ1) is 11.0. The van der Waals surface area contributed by atoms with Gasteiger partial charge in [0.15, 0.2) is 5.82 Å². The Morgan fingerprint density at radius 2 is 2.19 bits per heavy atom. The van der Waals surface area contributed by atoms with Crippen LogP contribution < -0.4 is 5.56 Å². The second-order valence-corrected chi connectivity index (χ2v) is 4.66. The molecular formula is C11H13N3OS. The zero-order valence-electron chi connectivity index (χ0n) is 9.44. The second-order valence-electron chi connectivity index (χ2n) is 3.94. The van der Waals surface area contributed by atoms with Gasteiger partial charge in [0.2, 0.25) is 0 Å². The minimum atomic E-state index is -0.0644. The molecule has 2 aromatic heterocycles. The molecule has 1 N–H and O–H groups in total. The molecule has 0 unspecified atom stereocenters. The topological polar surface area (TPSA) is 58.6 Å². The Bertz CT molecular complexity index is 543. The second kappa shape index (κ2) is 4.17. The van der Waals surface area contributed by atoms with Crippen LogP contribution in [-0.2, 0) is 0 Å². The molecule has 0 aromatic carbocycles. The average Bonchev–Trinajstić information content (AvgIpc) is 2.67. The maximum Gasteiger partial charge on any atom is 0.254 e. The highest BCUT2D eigenvalue weighted by Crippen LogP contribution is 2.17. The lowest BCUT2D eigenvalue weighted by molar-refractivity contribution is 0.814. The van der Waals surface area contributed by atoms with E-state index in [1.807, 2.05) is 26.2 Å². The third kappa shape index (κ3) is 1.90. The van der Waals surface area contributed by atoms with Gasteiger partial charge < -0.3 is 4.98 Å². The minimum absolute atomic E-state index is 0.0644. The van der Waals surface area contributed by atoms with Crippen LogP contribution >= 0.6 is 11.3 Å². The number of hydrogen-bond acceptors (Lipinski definition) is 4. The van der Waals surface area contributed by atoms with Gasteiger partial charge in [-0.15, -0.1) is 11.3 Å². The summed E-state index contributed by atoms with van der Waals surface area (Å²) in [4.78, 5) is 23.2.